The van der Waals surface area contributed by atoms with Gasteiger partial charge < -0.3 is 9.64 Å². The van der Waals surface area contributed by atoms with Gasteiger partial charge in [-0.3, -0.25) is 14.7 Å². The summed E-state index contributed by atoms with van der Waals surface area (Å²) in [6.07, 6.45) is 3.48. The molecule has 2 aromatic carbocycles. The maximum atomic E-state index is 13.3. The van der Waals surface area contributed by atoms with E-state index in [0.29, 0.717) is 13.2 Å². The van der Waals surface area contributed by atoms with Crippen LogP contribution in [0.25, 0.3) is 0 Å². The van der Waals surface area contributed by atoms with Gasteiger partial charge >= 0.3 is 0 Å². The molecule has 6 heteroatoms. The molecule has 3 aromatic rings. The zero-order chi connectivity index (χ0) is 23.3. The summed E-state index contributed by atoms with van der Waals surface area (Å²) in [7, 11) is 3.63. The lowest BCUT2D eigenvalue weighted by molar-refractivity contribution is -0.137. The van der Waals surface area contributed by atoms with E-state index in [-0.39, 0.29) is 11.7 Å². The molecule has 1 aliphatic rings. The summed E-state index contributed by atoms with van der Waals surface area (Å²) < 4.78 is 19.0. The molecule has 172 valence electrons. The number of nitrogens with zero attached hydrogens (tertiary/aromatic N) is 3. The standard InChI is InChI=1S/C27H30FN3O2/c1-30(2)26(32)27(25-9-3-4-15-29-25)14-6-16-31(20-27)18-22-7-5-8-24(17-22)33-19-21-10-12-23(28)13-11-21/h3-5,7-13,15,17H,6,14,16,18-20H2,1-2H3. The van der Waals surface area contributed by atoms with Crippen molar-refractivity contribution in [1.29, 1.82) is 0 Å². The molecule has 1 aromatic heterocycles. The zero-order valence-electron chi connectivity index (χ0n) is 19.2. The smallest absolute Gasteiger partial charge is 0.235 e. The third-order valence-corrected chi connectivity index (χ3v) is 6.17. The number of ether oxygens (including phenoxy) is 1. The first-order valence-corrected chi connectivity index (χ1v) is 11.3. The third-order valence-electron chi connectivity index (χ3n) is 6.17. The minimum Gasteiger partial charge on any atom is -0.489 e. The Morgan fingerprint density at radius 3 is 2.64 bits per heavy atom. The molecule has 1 saturated heterocycles. The normalized spacial score (nSPS) is 18.6. The lowest BCUT2D eigenvalue weighted by Crippen LogP contribution is -2.54. The largest absolute Gasteiger partial charge is 0.489 e. The van der Waals surface area contributed by atoms with Crippen molar-refractivity contribution in [3.05, 3.63) is 95.6 Å². The maximum absolute atomic E-state index is 13.3. The molecule has 33 heavy (non-hydrogen) atoms. The number of hydrogen-bond donors (Lipinski definition) is 0. The quantitative estimate of drug-likeness (QED) is 0.538. The second-order valence-corrected chi connectivity index (χ2v) is 8.87. The highest BCUT2D eigenvalue weighted by atomic mass is 19.1. The lowest BCUT2D eigenvalue weighted by atomic mass is 9.75. The van der Waals surface area contributed by atoms with Crippen molar-refractivity contribution in [2.24, 2.45) is 0 Å². The first kappa shape index (κ1) is 22.9. The fourth-order valence-electron chi connectivity index (χ4n) is 4.59. The molecule has 1 fully saturated rings. The molecule has 2 heterocycles. The topological polar surface area (TPSA) is 45.7 Å². The van der Waals surface area contributed by atoms with Gasteiger partial charge in [-0.15, -0.1) is 0 Å². The van der Waals surface area contributed by atoms with Crippen molar-refractivity contribution in [3.63, 3.8) is 0 Å². The molecule has 5 nitrogen and oxygen atoms in total. The molecular weight excluding hydrogens is 417 g/mol. The first-order valence-electron chi connectivity index (χ1n) is 11.3. The van der Waals surface area contributed by atoms with Crippen molar-refractivity contribution in [1.82, 2.24) is 14.8 Å². The van der Waals surface area contributed by atoms with Crippen LogP contribution >= 0.6 is 0 Å². The Labute approximate surface area is 194 Å². The zero-order valence-corrected chi connectivity index (χ0v) is 19.2. The van der Waals surface area contributed by atoms with Gasteiger partial charge in [-0.2, -0.15) is 0 Å². The fraction of sp³-hybridized carbons (Fsp3) is 0.333. The highest BCUT2D eigenvalue weighted by molar-refractivity contribution is 5.88. The maximum Gasteiger partial charge on any atom is 0.235 e. The van der Waals surface area contributed by atoms with E-state index in [1.165, 1.54) is 12.1 Å². The Balaban J connectivity index is 1.48. The SMILES string of the molecule is CN(C)C(=O)C1(c2ccccn2)CCCN(Cc2cccc(OCc3ccc(F)cc3)c2)C1. The molecule has 0 radical (unpaired) electrons. The van der Waals surface area contributed by atoms with Crippen molar-refractivity contribution in [3.8, 4) is 5.75 Å². The minimum atomic E-state index is -0.639. The average Bonchev–Trinajstić information content (AvgIpc) is 2.84. The van der Waals surface area contributed by atoms with Crippen LogP contribution in [0, 0.1) is 5.82 Å². The van der Waals surface area contributed by atoms with E-state index < -0.39 is 5.41 Å². The van der Waals surface area contributed by atoms with Crippen LogP contribution in [0.3, 0.4) is 0 Å². The van der Waals surface area contributed by atoms with E-state index >= 15 is 0 Å². The van der Waals surface area contributed by atoms with E-state index in [4.69, 9.17) is 4.74 Å². The summed E-state index contributed by atoms with van der Waals surface area (Å²) in [5, 5.41) is 0. The predicted molar refractivity (Wildman–Crippen MR) is 126 cm³/mol. The van der Waals surface area contributed by atoms with Crippen LogP contribution in [0.1, 0.15) is 29.7 Å². The van der Waals surface area contributed by atoms with Crippen LogP contribution < -0.4 is 4.74 Å². The van der Waals surface area contributed by atoms with Crippen LogP contribution in [0.15, 0.2) is 72.9 Å². The highest BCUT2D eigenvalue weighted by Gasteiger charge is 2.45. The van der Waals surface area contributed by atoms with Gasteiger partial charge in [0, 0.05) is 33.4 Å². The van der Waals surface area contributed by atoms with Crippen molar-refractivity contribution in [2.45, 2.75) is 31.4 Å². The van der Waals surface area contributed by atoms with Crippen molar-refractivity contribution in [2.75, 3.05) is 27.2 Å². The third kappa shape index (κ3) is 5.40. The number of piperidine rings is 1. The number of likely N-dealkylation sites (tertiary alicyclic amines) is 1. The Hall–Kier alpha value is -3.25. The van der Waals surface area contributed by atoms with Crippen LogP contribution in [-0.2, 0) is 23.4 Å². The molecule has 0 spiro atoms. The van der Waals surface area contributed by atoms with Gasteiger partial charge in [0.1, 0.15) is 23.6 Å². The van der Waals surface area contributed by atoms with Crippen LogP contribution in [0.5, 0.6) is 5.75 Å². The minimum absolute atomic E-state index is 0.0993. The molecule has 4 rings (SSSR count). The summed E-state index contributed by atoms with van der Waals surface area (Å²) >= 11 is 0. The van der Waals surface area contributed by atoms with Crippen LogP contribution in [-0.4, -0.2) is 47.9 Å². The molecule has 0 N–H and O–H groups in total. The Morgan fingerprint density at radius 2 is 1.91 bits per heavy atom. The number of carbonyl (C=O) groups is 1. The number of rotatable bonds is 7. The van der Waals surface area contributed by atoms with E-state index in [0.717, 1.165) is 48.5 Å². The fourth-order valence-corrected chi connectivity index (χ4v) is 4.59. The number of hydrogen-bond acceptors (Lipinski definition) is 4. The van der Waals surface area contributed by atoms with Gasteiger partial charge in [-0.1, -0.05) is 30.3 Å². The molecule has 0 bridgehead atoms. The molecule has 1 aliphatic heterocycles. The van der Waals surface area contributed by atoms with Gasteiger partial charge in [-0.25, -0.2) is 4.39 Å². The summed E-state index contributed by atoms with van der Waals surface area (Å²) in [4.78, 5) is 21.9. The molecule has 0 saturated carbocycles. The summed E-state index contributed by atoms with van der Waals surface area (Å²) in [5.74, 6) is 0.619. The van der Waals surface area contributed by atoms with E-state index in [1.807, 2.05) is 50.5 Å². The number of pyridine rings is 1. The highest BCUT2D eigenvalue weighted by Crippen LogP contribution is 2.35. The first-order chi connectivity index (χ1) is 16.0. The monoisotopic (exact) mass is 447 g/mol. The number of amides is 1. The number of halogens is 1. The second kappa shape index (κ2) is 10.1. The van der Waals surface area contributed by atoms with Gasteiger partial charge in [-0.05, 0) is 66.9 Å². The van der Waals surface area contributed by atoms with Gasteiger partial charge in [0.05, 0.1) is 5.69 Å². The number of likely N-dealkylation sites (N-methyl/N-ethyl adjacent to an activating group) is 1. The van der Waals surface area contributed by atoms with Gasteiger partial charge in [0.2, 0.25) is 5.91 Å². The Kier molecular flexibility index (Phi) is 7.04. The molecule has 1 atom stereocenters. The van der Waals surface area contributed by atoms with Gasteiger partial charge in [0.25, 0.3) is 0 Å². The van der Waals surface area contributed by atoms with Gasteiger partial charge in [0.15, 0.2) is 0 Å². The van der Waals surface area contributed by atoms with Crippen molar-refractivity contribution >= 4 is 5.91 Å². The summed E-state index contributed by atoms with van der Waals surface area (Å²) in [6.45, 7) is 2.66. The molecular formula is C27H30FN3O2. The molecule has 1 unspecified atom stereocenters. The van der Waals surface area contributed by atoms with Crippen molar-refractivity contribution < 1.29 is 13.9 Å². The summed E-state index contributed by atoms with van der Waals surface area (Å²) in [6, 6.07) is 20.2. The molecule has 0 aliphatic carbocycles. The lowest BCUT2D eigenvalue weighted by Gasteiger charge is -2.42. The predicted octanol–water partition coefficient (Wildman–Crippen LogP) is 4.42. The van der Waals surface area contributed by atoms with E-state index in [9.17, 15) is 9.18 Å². The second-order valence-electron chi connectivity index (χ2n) is 8.87. The number of aromatic nitrogens is 1. The van der Waals surface area contributed by atoms with E-state index in [1.54, 1.807) is 23.2 Å². The Bertz CT molecular complexity index is 1070. The Morgan fingerprint density at radius 1 is 1.09 bits per heavy atom. The van der Waals surface area contributed by atoms with Crippen LogP contribution in [0.4, 0.5) is 4.39 Å². The summed E-state index contributed by atoms with van der Waals surface area (Å²) in [5.41, 5.74) is 2.24. The molecule has 1 amide bonds. The number of carbonyl (C=O) groups excluding carboxylic acids is 1. The average molecular weight is 448 g/mol. The van der Waals surface area contributed by atoms with Crippen LogP contribution in [0.2, 0.25) is 0 Å². The number of benzene rings is 2. The van der Waals surface area contributed by atoms with E-state index in [2.05, 4.69) is 16.0 Å².